The number of aromatic nitrogens is 1. The van der Waals surface area contributed by atoms with E-state index in [2.05, 4.69) is 6.58 Å². The van der Waals surface area contributed by atoms with Crippen molar-refractivity contribution in [1.29, 1.82) is 0 Å². The summed E-state index contributed by atoms with van der Waals surface area (Å²) in [5.41, 5.74) is 0.604. The van der Waals surface area contributed by atoms with Gasteiger partial charge in [0.25, 0.3) is 0 Å². The monoisotopic (exact) mass is 297 g/mol. The predicted octanol–water partition coefficient (Wildman–Crippen LogP) is 3.72. The first-order chi connectivity index (χ1) is 9.47. The van der Waals surface area contributed by atoms with Crippen molar-refractivity contribution in [2.24, 2.45) is 0 Å². The molecule has 1 rings (SSSR count). The van der Waals surface area contributed by atoms with Crippen LogP contribution in [-0.2, 0) is 11.3 Å². The molecule has 1 aromatic heterocycles. The standard InChI is InChI=1S/C15H23NO3S/c1-4-20-13-10-14(18)16(15(13)19)9-7-5-6-8-12(17)11(2)3/h10,18-19H,2,4-9H2,1,3H3. The molecule has 0 aromatic carbocycles. The molecule has 5 heteroatoms. The van der Waals surface area contributed by atoms with Crippen molar-refractivity contribution in [2.75, 3.05) is 5.75 Å². The molecule has 4 nitrogen and oxygen atoms in total. The van der Waals surface area contributed by atoms with Crippen molar-refractivity contribution in [2.45, 2.75) is 51.0 Å². The molecule has 0 unspecified atom stereocenters. The Balaban J connectivity index is 2.39. The lowest BCUT2D eigenvalue weighted by molar-refractivity contribution is -0.115. The minimum Gasteiger partial charge on any atom is -0.494 e. The van der Waals surface area contributed by atoms with Gasteiger partial charge in [-0.05, 0) is 31.1 Å². The molecule has 0 aliphatic rings. The Morgan fingerprint density at radius 3 is 2.65 bits per heavy atom. The summed E-state index contributed by atoms with van der Waals surface area (Å²) >= 11 is 1.50. The minimum absolute atomic E-state index is 0.0939. The van der Waals surface area contributed by atoms with Crippen molar-refractivity contribution in [3.05, 3.63) is 18.2 Å². The average Bonchev–Trinajstić information content (AvgIpc) is 2.65. The van der Waals surface area contributed by atoms with E-state index >= 15 is 0 Å². The lowest BCUT2D eigenvalue weighted by Gasteiger charge is -2.07. The van der Waals surface area contributed by atoms with Gasteiger partial charge in [-0.25, -0.2) is 0 Å². The van der Waals surface area contributed by atoms with Crippen LogP contribution in [0.15, 0.2) is 23.1 Å². The number of unbranched alkanes of at least 4 members (excludes halogenated alkanes) is 2. The van der Waals surface area contributed by atoms with Gasteiger partial charge in [0.15, 0.2) is 11.7 Å². The SMILES string of the molecule is C=C(C)C(=O)CCCCCn1c(O)cc(SCC)c1O. The Morgan fingerprint density at radius 1 is 1.35 bits per heavy atom. The average molecular weight is 297 g/mol. The summed E-state index contributed by atoms with van der Waals surface area (Å²) in [6, 6.07) is 1.59. The molecule has 0 saturated heterocycles. The number of hydrogen-bond acceptors (Lipinski definition) is 4. The van der Waals surface area contributed by atoms with Gasteiger partial charge >= 0.3 is 0 Å². The second kappa shape index (κ2) is 8.04. The zero-order valence-corrected chi connectivity index (χ0v) is 13.0. The van der Waals surface area contributed by atoms with E-state index in [0.717, 1.165) is 25.0 Å². The molecular formula is C15H23NO3S. The third kappa shape index (κ3) is 4.63. The Labute approximate surface area is 124 Å². The van der Waals surface area contributed by atoms with Gasteiger partial charge in [0.05, 0.1) is 4.90 Å². The van der Waals surface area contributed by atoms with Crippen molar-refractivity contribution in [1.82, 2.24) is 4.57 Å². The third-order valence-corrected chi connectivity index (χ3v) is 3.97. The highest BCUT2D eigenvalue weighted by Gasteiger charge is 2.13. The minimum atomic E-state index is 0.0939. The van der Waals surface area contributed by atoms with Gasteiger partial charge in [0.1, 0.15) is 0 Å². The number of aromatic hydroxyl groups is 2. The van der Waals surface area contributed by atoms with Crippen LogP contribution in [0, 0.1) is 0 Å². The first-order valence-electron chi connectivity index (χ1n) is 6.90. The molecule has 0 aliphatic heterocycles. The first-order valence-corrected chi connectivity index (χ1v) is 7.88. The molecule has 0 fully saturated rings. The summed E-state index contributed by atoms with van der Waals surface area (Å²) in [5.74, 6) is 1.18. The van der Waals surface area contributed by atoms with Gasteiger partial charge in [-0.1, -0.05) is 19.9 Å². The second-order valence-electron chi connectivity index (χ2n) is 4.79. The normalized spacial score (nSPS) is 10.7. The van der Waals surface area contributed by atoms with Crippen LogP contribution >= 0.6 is 11.8 Å². The fourth-order valence-corrected chi connectivity index (χ4v) is 2.67. The molecule has 0 atom stereocenters. The molecular weight excluding hydrogens is 274 g/mol. The largest absolute Gasteiger partial charge is 0.494 e. The Hall–Kier alpha value is -1.36. The lowest BCUT2D eigenvalue weighted by atomic mass is 10.1. The number of thioether (sulfide) groups is 1. The summed E-state index contributed by atoms with van der Waals surface area (Å²) in [5, 5.41) is 19.8. The van der Waals surface area contributed by atoms with Gasteiger partial charge in [-0.3, -0.25) is 9.36 Å². The molecule has 0 radical (unpaired) electrons. The number of allylic oxidation sites excluding steroid dienone is 1. The van der Waals surface area contributed by atoms with E-state index in [1.807, 2.05) is 6.92 Å². The first kappa shape index (κ1) is 16.7. The maximum Gasteiger partial charge on any atom is 0.208 e. The van der Waals surface area contributed by atoms with E-state index < -0.39 is 0 Å². The number of carbonyl (C=O) groups is 1. The molecule has 1 heterocycles. The summed E-state index contributed by atoms with van der Waals surface area (Å²) in [4.78, 5) is 12.1. The van der Waals surface area contributed by atoms with Gasteiger partial charge in [0, 0.05) is 19.0 Å². The topological polar surface area (TPSA) is 62.5 Å². The van der Waals surface area contributed by atoms with Crippen LogP contribution in [0.4, 0.5) is 0 Å². The van der Waals surface area contributed by atoms with Gasteiger partial charge in [0.2, 0.25) is 5.88 Å². The maximum absolute atomic E-state index is 11.4. The summed E-state index contributed by atoms with van der Waals surface area (Å²) in [6.07, 6.45) is 3.03. The number of hydrogen-bond donors (Lipinski definition) is 2. The zero-order valence-electron chi connectivity index (χ0n) is 12.2. The Morgan fingerprint density at radius 2 is 2.05 bits per heavy atom. The number of rotatable bonds is 9. The van der Waals surface area contributed by atoms with E-state index in [1.54, 1.807) is 13.0 Å². The highest BCUT2D eigenvalue weighted by molar-refractivity contribution is 7.99. The van der Waals surface area contributed by atoms with Crippen LogP contribution in [0.5, 0.6) is 11.8 Å². The number of nitrogens with zero attached hydrogens (tertiary/aromatic N) is 1. The molecule has 0 spiro atoms. The molecule has 0 amide bonds. The fraction of sp³-hybridized carbons (Fsp3) is 0.533. The van der Waals surface area contributed by atoms with Crippen LogP contribution in [-0.4, -0.2) is 26.3 Å². The van der Waals surface area contributed by atoms with Crippen LogP contribution < -0.4 is 0 Å². The molecule has 1 aromatic rings. The molecule has 112 valence electrons. The molecule has 0 saturated carbocycles. The van der Waals surface area contributed by atoms with Gasteiger partial charge < -0.3 is 10.2 Å². The fourth-order valence-electron chi connectivity index (χ4n) is 1.93. The van der Waals surface area contributed by atoms with Gasteiger partial charge in [-0.15, -0.1) is 11.8 Å². The van der Waals surface area contributed by atoms with E-state index in [0.29, 0.717) is 23.4 Å². The van der Waals surface area contributed by atoms with Crippen molar-refractivity contribution in [3.8, 4) is 11.8 Å². The Kier molecular flexibility index (Phi) is 6.71. The van der Waals surface area contributed by atoms with Gasteiger partial charge in [-0.2, -0.15) is 0 Å². The number of ketones is 1. The summed E-state index contributed by atoms with van der Waals surface area (Å²) < 4.78 is 1.51. The zero-order chi connectivity index (χ0) is 15.1. The smallest absolute Gasteiger partial charge is 0.208 e. The second-order valence-corrected chi connectivity index (χ2v) is 6.10. The van der Waals surface area contributed by atoms with Crippen molar-refractivity contribution >= 4 is 17.5 Å². The maximum atomic E-state index is 11.4. The van der Waals surface area contributed by atoms with E-state index in [1.165, 1.54) is 16.3 Å². The molecule has 0 bridgehead atoms. The van der Waals surface area contributed by atoms with Crippen molar-refractivity contribution < 1.29 is 15.0 Å². The molecule has 2 N–H and O–H groups in total. The summed E-state index contributed by atoms with van der Waals surface area (Å²) in [7, 11) is 0. The van der Waals surface area contributed by atoms with Crippen LogP contribution in [0.3, 0.4) is 0 Å². The Bertz CT molecular complexity index is 480. The van der Waals surface area contributed by atoms with Crippen LogP contribution in [0.1, 0.15) is 39.5 Å². The van der Waals surface area contributed by atoms with E-state index in [4.69, 9.17) is 0 Å². The number of carbonyl (C=O) groups excluding carboxylic acids is 1. The quantitative estimate of drug-likeness (QED) is 0.414. The summed E-state index contributed by atoms with van der Waals surface area (Å²) in [6.45, 7) is 7.91. The highest BCUT2D eigenvalue weighted by Crippen LogP contribution is 2.35. The highest BCUT2D eigenvalue weighted by atomic mass is 32.2. The number of Topliss-reactive ketones (excluding diaryl/α,β-unsaturated/α-hetero) is 1. The van der Waals surface area contributed by atoms with Crippen molar-refractivity contribution in [3.63, 3.8) is 0 Å². The van der Waals surface area contributed by atoms with E-state index in [9.17, 15) is 15.0 Å². The third-order valence-electron chi connectivity index (χ3n) is 3.07. The predicted molar refractivity (Wildman–Crippen MR) is 82.4 cm³/mol. The van der Waals surface area contributed by atoms with Crippen LogP contribution in [0.25, 0.3) is 0 Å². The molecule has 20 heavy (non-hydrogen) atoms. The molecule has 0 aliphatic carbocycles. The van der Waals surface area contributed by atoms with E-state index in [-0.39, 0.29) is 17.5 Å². The lowest BCUT2D eigenvalue weighted by Crippen LogP contribution is -2.00. The van der Waals surface area contributed by atoms with Crippen LogP contribution in [0.2, 0.25) is 0 Å².